The molecule has 2 fully saturated rings. The van der Waals surface area contributed by atoms with Gasteiger partial charge >= 0.3 is 0 Å². The van der Waals surface area contributed by atoms with Crippen LogP contribution in [0.25, 0.3) is 28.0 Å². The zero-order valence-electron chi connectivity index (χ0n) is 18.3. The summed E-state index contributed by atoms with van der Waals surface area (Å²) in [5.74, 6) is 1.54. The van der Waals surface area contributed by atoms with Crippen molar-refractivity contribution >= 4 is 43.9 Å². The number of para-hydroxylation sites is 2. The van der Waals surface area contributed by atoms with Crippen LogP contribution in [0.15, 0.2) is 30.5 Å². The Balaban J connectivity index is 1.65. The third-order valence-corrected chi connectivity index (χ3v) is 8.24. The van der Waals surface area contributed by atoms with Gasteiger partial charge in [-0.3, -0.25) is 0 Å². The third-order valence-electron chi connectivity index (χ3n) is 6.18. The zero-order chi connectivity index (χ0) is 22.7. The van der Waals surface area contributed by atoms with Gasteiger partial charge in [0.1, 0.15) is 5.82 Å². The molecule has 4 aromatic rings. The highest BCUT2D eigenvalue weighted by Crippen LogP contribution is 2.34. The molecule has 0 bridgehead atoms. The molecule has 1 aliphatic heterocycles. The van der Waals surface area contributed by atoms with E-state index in [1.165, 1.54) is 0 Å². The molecule has 0 radical (unpaired) electrons. The van der Waals surface area contributed by atoms with Crippen molar-refractivity contribution in [1.29, 1.82) is 0 Å². The maximum Gasteiger partial charge on any atom is 0.258 e. The average Bonchev–Trinajstić information content (AvgIpc) is 3.49. The van der Waals surface area contributed by atoms with Crippen LogP contribution in [0.3, 0.4) is 0 Å². The summed E-state index contributed by atoms with van der Waals surface area (Å²) in [4.78, 5) is 16.4. The molecule has 4 heterocycles. The van der Waals surface area contributed by atoms with E-state index in [0.717, 1.165) is 15.1 Å². The molecule has 0 amide bonds. The number of hydrogen-bond acceptors (Lipinski definition) is 9. The lowest BCUT2D eigenvalue weighted by molar-refractivity contribution is 0.0987. The Morgan fingerprint density at radius 1 is 1.15 bits per heavy atom. The van der Waals surface area contributed by atoms with Gasteiger partial charge in [0.05, 0.1) is 47.1 Å². The Hall–Kier alpha value is -3.25. The van der Waals surface area contributed by atoms with Crippen molar-refractivity contribution < 1.29 is 13.2 Å². The highest BCUT2D eigenvalue weighted by Gasteiger charge is 2.39. The van der Waals surface area contributed by atoms with Gasteiger partial charge in [-0.2, -0.15) is 15.1 Å². The number of nitrogens with zero attached hydrogens (tertiary/aromatic N) is 7. The fraction of sp³-hybridized carbons (Fsp3) is 0.429. The fourth-order valence-electron chi connectivity index (χ4n) is 4.31. The fourth-order valence-corrected chi connectivity index (χ4v) is 5.88. The molecule has 1 aliphatic carbocycles. The summed E-state index contributed by atoms with van der Waals surface area (Å²) < 4.78 is 34.8. The van der Waals surface area contributed by atoms with Crippen LogP contribution < -0.4 is 10.2 Å². The monoisotopic (exact) mass is 468 g/mol. The first kappa shape index (κ1) is 20.4. The van der Waals surface area contributed by atoms with Gasteiger partial charge in [0, 0.05) is 13.6 Å². The van der Waals surface area contributed by atoms with Crippen LogP contribution in [-0.4, -0.2) is 75.2 Å². The summed E-state index contributed by atoms with van der Waals surface area (Å²) in [6, 6.07) is 7.76. The largest absolute Gasteiger partial charge is 0.377 e. The van der Waals surface area contributed by atoms with E-state index < -0.39 is 15.3 Å². The Labute approximate surface area is 190 Å². The lowest BCUT2D eigenvalue weighted by Crippen LogP contribution is -2.44. The number of hydrogen-bond donors (Lipinski definition) is 1. The first-order valence-electron chi connectivity index (χ1n) is 11.0. The van der Waals surface area contributed by atoms with Crippen molar-refractivity contribution in [3.63, 3.8) is 0 Å². The van der Waals surface area contributed by atoms with Crippen LogP contribution in [0.1, 0.15) is 19.8 Å². The van der Waals surface area contributed by atoms with Crippen LogP contribution in [-0.2, 0) is 14.8 Å². The van der Waals surface area contributed by atoms with Gasteiger partial charge in [0.25, 0.3) is 10.0 Å². The first-order chi connectivity index (χ1) is 16.0. The second kappa shape index (κ2) is 7.39. The minimum absolute atomic E-state index is 0.0661. The Morgan fingerprint density at radius 2 is 1.97 bits per heavy atom. The summed E-state index contributed by atoms with van der Waals surface area (Å²) in [5, 5.41) is 7.56. The normalized spacial score (nSPS) is 19.5. The van der Waals surface area contributed by atoms with Gasteiger partial charge in [-0.15, -0.1) is 4.09 Å². The third kappa shape index (κ3) is 3.16. The molecule has 1 aromatic carbocycles. The van der Waals surface area contributed by atoms with Gasteiger partial charge in [0.15, 0.2) is 5.65 Å². The molecule has 2 aliphatic rings. The molecule has 0 spiro atoms. The van der Waals surface area contributed by atoms with Gasteiger partial charge in [-0.1, -0.05) is 12.1 Å². The molecular weight excluding hydrogens is 444 g/mol. The highest BCUT2D eigenvalue weighted by atomic mass is 32.2. The summed E-state index contributed by atoms with van der Waals surface area (Å²) in [6.07, 6.45) is 2.84. The van der Waals surface area contributed by atoms with E-state index in [4.69, 9.17) is 14.7 Å². The number of ether oxygens (including phenoxy) is 1. The van der Waals surface area contributed by atoms with Crippen molar-refractivity contribution in [3.05, 3.63) is 30.5 Å². The molecule has 33 heavy (non-hydrogen) atoms. The second-order valence-electron chi connectivity index (χ2n) is 8.44. The van der Waals surface area contributed by atoms with Gasteiger partial charge in [0.2, 0.25) is 11.9 Å². The summed E-state index contributed by atoms with van der Waals surface area (Å²) in [5.41, 5.74) is 1.88. The molecule has 3 aromatic heterocycles. The van der Waals surface area contributed by atoms with E-state index in [9.17, 15) is 8.42 Å². The first-order valence-corrected chi connectivity index (χ1v) is 12.5. The molecule has 1 saturated carbocycles. The highest BCUT2D eigenvalue weighted by molar-refractivity contribution is 7.90. The number of fused-ring (bicyclic) bond motifs is 2. The van der Waals surface area contributed by atoms with Crippen molar-refractivity contribution in [2.24, 2.45) is 0 Å². The topological polar surface area (TPSA) is 120 Å². The van der Waals surface area contributed by atoms with Gasteiger partial charge in [-0.05, 0) is 31.9 Å². The van der Waals surface area contributed by atoms with E-state index in [2.05, 4.69) is 27.2 Å². The zero-order valence-corrected chi connectivity index (χ0v) is 19.2. The molecule has 11 nitrogen and oxygen atoms in total. The van der Waals surface area contributed by atoms with E-state index in [1.54, 1.807) is 13.2 Å². The maximum absolute atomic E-state index is 13.1. The Kier molecular flexibility index (Phi) is 4.56. The molecule has 1 saturated heterocycles. The van der Waals surface area contributed by atoms with Crippen molar-refractivity contribution in [1.82, 2.24) is 28.7 Å². The predicted octanol–water partition coefficient (Wildman–Crippen LogP) is 1.77. The van der Waals surface area contributed by atoms with Crippen molar-refractivity contribution in [2.45, 2.75) is 31.1 Å². The van der Waals surface area contributed by atoms with Crippen LogP contribution in [0.4, 0.5) is 11.8 Å². The maximum atomic E-state index is 13.1. The number of morpholine rings is 1. The Morgan fingerprint density at radius 3 is 2.73 bits per heavy atom. The number of anilines is 2. The molecular formula is C21H24N8O3S. The number of aromatic nitrogens is 6. The summed E-state index contributed by atoms with van der Waals surface area (Å²) in [6.45, 7) is 3.82. The predicted molar refractivity (Wildman–Crippen MR) is 124 cm³/mol. The van der Waals surface area contributed by atoms with Crippen LogP contribution in [0.2, 0.25) is 0 Å². The second-order valence-corrected chi connectivity index (χ2v) is 10.5. The molecule has 1 N–H and O–H groups in total. The van der Waals surface area contributed by atoms with Crippen molar-refractivity contribution in [2.75, 3.05) is 37.0 Å². The molecule has 172 valence electrons. The van der Waals surface area contributed by atoms with Crippen molar-refractivity contribution in [3.8, 4) is 5.95 Å². The van der Waals surface area contributed by atoms with E-state index >= 15 is 0 Å². The number of rotatable bonds is 5. The lowest BCUT2D eigenvalue weighted by atomic mass is 10.2. The van der Waals surface area contributed by atoms with Gasteiger partial charge in [-0.25, -0.2) is 18.0 Å². The number of nitrogens with one attached hydrogen (secondary N) is 1. The minimum atomic E-state index is -3.62. The SMILES string of the molecule is CNc1nc2ccccc2n1-c1nc(N2CCOC[C@H]2C)c2cnn(S(=O)(=O)C3CC3)c2n1. The van der Waals surface area contributed by atoms with E-state index in [0.29, 0.717) is 55.7 Å². The Bertz CT molecular complexity index is 1470. The van der Waals surface area contributed by atoms with E-state index in [1.807, 2.05) is 28.8 Å². The minimum Gasteiger partial charge on any atom is -0.377 e. The van der Waals surface area contributed by atoms with Crippen LogP contribution in [0.5, 0.6) is 0 Å². The molecule has 12 heteroatoms. The van der Waals surface area contributed by atoms with Crippen LogP contribution >= 0.6 is 0 Å². The lowest BCUT2D eigenvalue weighted by Gasteiger charge is -2.34. The average molecular weight is 469 g/mol. The summed E-state index contributed by atoms with van der Waals surface area (Å²) >= 11 is 0. The van der Waals surface area contributed by atoms with Gasteiger partial charge < -0.3 is 15.0 Å². The summed E-state index contributed by atoms with van der Waals surface area (Å²) in [7, 11) is -1.84. The molecule has 0 unspecified atom stereocenters. The smallest absolute Gasteiger partial charge is 0.258 e. The van der Waals surface area contributed by atoms with E-state index in [-0.39, 0.29) is 11.7 Å². The number of imidazole rings is 1. The molecule has 1 atom stereocenters. The standard InChI is InChI=1S/C21H24N8O3S/c1-13-12-32-10-9-27(13)18-15-11-23-29(33(30,31)14-7-8-14)19(15)26-21(25-18)28-17-6-4-3-5-16(17)24-20(28)22-2/h3-6,11,13-14H,7-10,12H2,1-2H3,(H,22,24)/t13-/m1/s1. The van der Waals surface area contributed by atoms with Crippen LogP contribution in [0, 0.1) is 0 Å². The quantitative estimate of drug-likeness (QED) is 0.467. The molecule has 6 rings (SSSR count). The number of benzene rings is 1.